The van der Waals surface area contributed by atoms with Gasteiger partial charge in [-0.15, -0.1) is 0 Å². The molecule has 0 aliphatic rings. The molecule has 1 aromatic rings. The molecule has 8 heteroatoms. The van der Waals surface area contributed by atoms with Gasteiger partial charge in [0.05, 0.1) is 7.11 Å². The molecule has 158 valence electrons. The van der Waals surface area contributed by atoms with Gasteiger partial charge in [0.2, 0.25) is 11.8 Å². The van der Waals surface area contributed by atoms with Crippen molar-refractivity contribution in [2.45, 2.75) is 26.7 Å². The molecule has 3 N–H and O–H groups in total. The first-order valence-electron chi connectivity index (χ1n) is 9.24. The van der Waals surface area contributed by atoms with Gasteiger partial charge in [-0.1, -0.05) is 6.07 Å². The van der Waals surface area contributed by atoms with E-state index in [1.165, 1.54) is 26.2 Å². The van der Waals surface area contributed by atoms with Crippen LogP contribution in [0.2, 0.25) is 0 Å². The molecule has 8 nitrogen and oxygen atoms in total. The number of methoxy groups -OCH3 is 1. The summed E-state index contributed by atoms with van der Waals surface area (Å²) in [6.07, 6.45) is 5.95. The predicted octanol–water partition coefficient (Wildman–Crippen LogP) is 1.94. The van der Waals surface area contributed by atoms with Crippen molar-refractivity contribution in [1.29, 1.82) is 0 Å². The second-order valence-corrected chi connectivity index (χ2v) is 6.21. The number of hydrogen-bond acceptors (Lipinski definition) is 6. The van der Waals surface area contributed by atoms with Crippen LogP contribution >= 0.6 is 0 Å². The number of amides is 2. The van der Waals surface area contributed by atoms with Crippen molar-refractivity contribution < 1.29 is 29.0 Å². The highest BCUT2D eigenvalue weighted by molar-refractivity contribution is 5.93. The first-order valence-corrected chi connectivity index (χ1v) is 9.24. The van der Waals surface area contributed by atoms with E-state index in [1.54, 1.807) is 31.2 Å². The third-order valence-electron chi connectivity index (χ3n) is 3.85. The largest absolute Gasteiger partial charge is 0.504 e. The van der Waals surface area contributed by atoms with Crippen molar-refractivity contribution in [1.82, 2.24) is 10.6 Å². The van der Waals surface area contributed by atoms with Crippen molar-refractivity contribution in [2.75, 3.05) is 26.8 Å². The number of ether oxygens (including phenoxy) is 2. The van der Waals surface area contributed by atoms with E-state index in [2.05, 4.69) is 10.6 Å². The number of hydrogen-bond donors (Lipinski definition) is 3. The van der Waals surface area contributed by atoms with Crippen molar-refractivity contribution in [2.24, 2.45) is 0 Å². The number of aromatic hydroxyl groups is 1. The summed E-state index contributed by atoms with van der Waals surface area (Å²) in [5, 5.41) is 15.2. The lowest BCUT2D eigenvalue weighted by Crippen LogP contribution is -2.27. The maximum absolute atomic E-state index is 11.8. The smallest absolute Gasteiger partial charge is 0.302 e. The molecule has 2 amide bonds. The third-order valence-corrected chi connectivity index (χ3v) is 3.85. The lowest BCUT2D eigenvalue weighted by Gasteiger charge is -2.06. The number of esters is 1. The summed E-state index contributed by atoms with van der Waals surface area (Å²) in [5.41, 5.74) is 1.16. The van der Waals surface area contributed by atoms with Crippen LogP contribution in [0.1, 0.15) is 32.3 Å². The number of rotatable bonds is 11. The summed E-state index contributed by atoms with van der Waals surface area (Å²) < 4.78 is 9.71. The Morgan fingerprint density at radius 1 is 1.10 bits per heavy atom. The average Bonchev–Trinajstić information content (AvgIpc) is 2.68. The van der Waals surface area contributed by atoms with E-state index in [-0.39, 0.29) is 24.2 Å². The van der Waals surface area contributed by atoms with Crippen LogP contribution in [0.4, 0.5) is 0 Å². The molecule has 29 heavy (non-hydrogen) atoms. The van der Waals surface area contributed by atoms with Crippen molar-refractivity contribution in [3.8, 4) is 11.5 Å². The van der Waals surface area contributed by atoms with E-state index < -0.39 is 5.97 Å². The molecule has 0 saturated carbocycles. The molecule has 0 spiro atoms. The zero-order valence-electron chi connectivity index (χ0n) is 17.0. The van der Waals surface area contributed by atoms with E-state index in [1.807, 2.05) is 0 Å². The lowest BCUT2D eigenvalue weighted by atomic mass is 10.2. The monoisotopic (exact) mass is 404 g/mol. The van der Waals surface area contributed by atoms with Crippen LogP contribution in [0.5, 0.6) is 11.5 Å². The summed E-state index contributed by atoms with van der Waals surface area (Å²) in [4.78, 5) is 34.3. The van der Waals surface area contributed by atoms with Gasteiger partial charge in [-0.2, -0.15) is 0 Å². The van der Waals surface area contributed by atoms with Gasteiger partial charge < -0.3 is 25.2 Å². The third kappa shape index (κ3) is 9.99. The minimum absolute atomic E-state index is 0.00793. The van der Waals surface area contributed by atoms with E-state index >= 15 is 0 Å². The van der Waals surface area contributed by atoms with Gasteiger partial charge in [0.1, 0.15) is 6.61 Å². The molecule has 0 radical (unpaired) electrons. The van der Waals surface area contributed by atoms with Crippen LogP contribution < -0.4 is 15.4 Å². The highest BCUT2D eigenvalue weighted by Crippen LogP contribution is 2.26. The molecule has 1 aromatic carbocycles. The number of benzene rings is 1. The molecule has 0 aromatic heterocycles. The Labute approximate surface area is 170 Å². The van der Waals surface area contributed by atoms with Crippen LogP contribution in [-0.2, 0) is 19.1 Å². The summed E-state index contributed by atoms with van der Waals surface area (Å²) in [7, 11) is 1.47. The quantitative estimate of drug-likeness (QED) is 0.295. The Hall–Kier alpha value is -3.29. The van der Waals surface area contributed by atoms with Crippen LogP contribution in [0.25, 0.3) is 6.08 Å². The molecular weight excluding hydrogens is 376 g/mol. The van der Waals surface area contributed by atoms with E-state index in [9.17, 15) is 19.5 Å². The van der Waals surface area contributed by atoms with Gasteiger partial charge >= 0.3 is 5.97 Å². The molecule has 1 rings (SSSR count). The minimum Gasteiger partial charge on any atom is -0.504 e. The summed E-state index contributed by atoms with van der Waals surface area (Å²) in [6.45, 7) is 3.99. The molecule has 0 aliphatic heterocycles. The highest BCUT2D eigenvalue weighted by Gasteiger charge is 2.04. The van der Waals surface area contributed by atoms with Gasteiger partial charge in [-0.25, -0.2) is 0 Å². The second-order valence-electron chi connectivity index (χ2n) is 6.21. The number of nitrogens with one attached hydrogen (secondary N) is 2. The van der Waals surface area contributed by atoms with Crippen molar-refractivity contribution >= 4 is 23.9 Å². The maximum Gasteiger partial charge on any atom is 0.302 e. The predicted molar refractivity (Wildman–Crippen MR) is 109 cm³/mol. The molecule has 0 fully saturated rings. The summed E-state index contributed by atoms with van der Waals surface area (Å²) in [5.74, 6) is -0.476. The fourth-order valence-corrected chi connectivity index (χ4v) is 2.22. The van der Waals surface area contributed by atoms with Gasteiger partial charge in [0.15, 0.2) is 11.5 Å². The first kappa shape index (κ1) is 23.7. The topological polar surface area (TPSA) is 114 Å². The number of unbranched alkanes of at least 4 members (excludes halogenated alkanes) is 1. The summed E-state index contributed by atoms with van der Waals surface area (Å²) >= 11 is 0. The highest BCUT2D eigenvalue weighted by atomic mass is 16.5. The van der Waals surface area contributed by atoms with Crippen molar-refractivity contribution in [3.05, 3.63) is 41.5 Å². The van der Waals surface area contributed by atoms with Crippen molar-refractivity contribution in [3.63, 3.8) is 0 Å². The number of carbonyl (C=O) groups is 3. The lowest BCUT2D eigenvalue weighted by molar-refractivity contribution is -0.139. The fourth-order valence-electron chi connectivity index (χ4n) is 2.22. The van der Waals surface area contributed by atoms with Gasteiger partial charge in [0.25, 0.3) is 0 Å². The molecule has 0 aliphatic carbocycles. The Kier molecular flexibility index (Phi) is 10.6. The van der Waals surface area contributed by atoms with Crippen LogP contribution in [-0.4, -0.2) is 49.7 Å². The van der Waals surface area contributed by atoms with Gasteiger partial charge in [0, 0.05) is 31.7 Å². The Morgan fingerprint density at radius 3 is 2.41 bits per heavy atom. The first-order chi connectivity index (χ1) is 13.8. The van der Waals surface area contributed by atoms with Crippen LogP contribution in [0.15, 0.2) is 35.9 Å². The summed E-state index contributed by atoms with van der Waals surface area (Å²) in [6, 6.07) is 4.86. The Bertz CT molecular complexity index is 770. The fraction of sp³-hybridized carbons (Fsp3) is 0.381. The molecule has 0 heterocycles. The van der Waals surface area contributed by atoms with E-state index in [0.29, 0.717) is 42.8 Å². The van der Waals surface area contributed by atoms with Crippen LogP contribution in [0, 0.1) is 0 Å². The Morgan fingerprint density at radius 2 is 1.79 bits per heavy atom. The normalized spacial score (nSPS) is 11.2. The zero-order valence-corrected chi connectivity index (χ0v) is 17.0. The molecule has 0 saturated heterocycles. The van der Waals surface area contributed by atoms with Crippen LogP contribution in [0.3, 0.4) is 0 Å². The average molecular weight is 404 g/mol. The molecule has 0 bridgehead atoms. The van der Waals surface area contributed by atoms with E-state index in [0.717, 1.165) is 0 Å². The molecular formula is C21H28N2O6. The molecule has 0 unspecified atom stereocenters. The zero-order chi connectivity index (χ0) is 21.6. The standard InChI is InChI=1S/C21H28N2O6/c1-15(10-13-29-16(2)24)21(27)23-12-5-4-11-22-20(26)9-7-17-6-8-19(28-3)18(25)14-17/h6-10,14,25H,4-5,11-13H2,1-3H3,(H,22,26)(H,23,27)/b9-7+,15-10+. The number of carbonyl (C=O) groups excluding carboxylic acids is 3. The minimum atomic E-state index is -0.395. The molecule has 0 atom stereocenters. The number of phenolic OH excluding ortho intramolecular Hbond substituents is 1. The Balaban J connectivity index is 2.21. The maximum atomic E-state index is 11.8. The number of phenols is 1. The second kappa shape index (κ2) is 13.0. The van der Waals surface area contributed by atoms with Gasteiger partial charge in [-0.3, -0.25) is 14.4 Å². The van der Waals surface area contributed by atoms with Gasteiger partial charge in [-0.05, 0) is 49.6 Å². The SMILES string of the molecule is COc1ccc(/C=C/C(=O)NCCCCNC(=O)/C(C)=C/COC(C)=O)cc1O. The van der Waals surface area contributed by atoms with E-state index in [4.69, 9.17) is 9.47 Å².